The first kappa shape index (κ1) is 14.1. The normalized spacial score (nSPS) is 23.3. The van der Waals surface area contributed by atoms with Crippen LogP contribution in [0.1, 0.15) is 31.9 Å². The molecular formula is C16H24N2O. The molecule has 104 valence electrons. The van der Waals surface area contributed by atoms with Gasteiger partial charge >= 0.3 is 0 Å². The molecule has 1 fully saturated rings. The van der Waals surface area contributed by atoms with Crippen LogP contribution >= 0.6 is 0 Å². The van der Waals surface area contributed by atoms with Crippen molar-refractivity contribution < 1.29 is 4.79 Å². The molecule has 1 unspecified atom stereocenters. The lowest BCUT2D eigenvalue weighted by Gasteiger charge is -2.30. The van der Waals surface area contributed by atoms with E-state index in [2.05, 4.69) is 39.1 Å². The molecule has 0 aliphatic carbocycles. The molecule has 1 aromatic rings. The maximum absolute atomic E-state index is 12.6. The third kappa shape index (κ3) is 2.81. The smallest absolute Gasteiger partial charge is 0.243 e. The summed E-state index contributed by atoms with van der Waals surface area (Å²) in [5, 5.41) is 3.33. The van der Waals surface area contributed by atoms with Gasteiger partial charge in [0.2, 0.25) is 5.91 Å². The first-order valence-electron chi connectivity index (χ1n) is 6.93. The van der Waals surface area contributed by atoms with Crippen LogP contribution in [0.3, 0.4) is 0 Å². The highest BCUT2D eigenvalue weighted by molar-refractivity contribution is 5.98. The molecular weight excluding hydrogens is 236 g/mol. The van der Waals surface area contributed by atoms with Crippen LogP contribution in [0.15, 0.2) is 18.2 Å². The Balaban J connectivity index is 2.45. The van der Waals surface area contributed by atoms with Gasteiger partial charge in [0.15, 0.2) is 0 Å². The van der Waals surface area contributed by atoms with E-state index in [0.29, 0.717) is 0 Å². The lowest BCUT2D eigenvalue weighted by molar-refractivity contribution is -0.119. The van der Waals surface area contributed by atoms with Crippen LogP contribution in [0.2, 0.25) is 0 Å². The van der Waals surface area contributed by atoms with E-state index < -0.39 is 0 Å². The zero-order valence-corrected chi connectivity index (χ0v) is 12.6. The van der Waals surface area contributed by atoms with Crippen LogP contribution in [-0.4, -0.2) is 25.0 Å². The number of benzene rings is 1. The Bertz CT molecular complexity index is 494. The first-order chi connectivity index (χ1) is 8.82. The second-order valence-electron chi connectivity index (χ2n) is 6.41. The van der Waals surface area contributed by atoms with Crippen LogP contribution in [0.4, 0.5) is 5.69 Å². The van der Waals surface area contributed by atoms with E-state index in [1.807, 2.05) is 24.0 Å². The van der Waals surface area contributed by atoms with Gasteiger partial charge in [0.25, 0.3) is 0 Å². The first-order valence-corrected chi connectivity index (χ1v) is 6.93. The predicted molar refractivity (Wildman–Crippen MR) is 79.5 cm³/mol. The van der Waals surface area contributed by atoms with Crippen molar-refractivity contribution in [1.29, 1.82) is 0 Å². The lowest BCUT2D eigenvalue weighted by Crippen LogP contribution is -2.42. The zero-order valence-electron chi connectivity index (χ0n) is 12.6. The zero-order chi connectivity index (χ0) is 14.2. The third-order valence-electron chi connectivity index (χ3n) is 3.98. The molecule has 1 heterocycles. The van der Waals surface area contributed by atoms with E-state index in [4.69, 9.17) is 0 Å². The summed E-state index contributed by atoms with van der Waals surface area (Å²) in [4.78, 5) is 14.5. The summed E-state index contributed by atoms with van der Waals surface area (Å²) < 4.78 is 0. The molecule has 0 spiro atoms. The van der Waals surface area contributed by atoms with Gasteiger partial charge in [0, 0.05) is 18.8 Å². The molecule has 3 heteroatoms. The minimum atomic E-state index is -0.123. The minimum Gasteiger partial charge on any atom is -0.310 e. The van der Waals surface area contributed by atoms with E-state index in [9.17, 15) is 4.79 Å². The second kappa shape index (κ2) is 4.97. The number of carbonyl (C=O) groups excluding carboxylic acids is 1. The summed E-state index contributed by atoms with van der Waals surface area (Å²) in [6.07, 6.45) is 0. The largest absolute Gasteiger partial charge is 0.310 e. The van der Waals surface area contributed by atoms with Gasteiger partial charge in [0.05, 0.1) is 6.04 Å². The van der Waals surface area contributed by atoms with Crippen molar-refractivity contribution in [3.8, 4) is 0 Å². The Morgan fingerprint density at radius 2 is 2.00 bits per heavy atom. The number of hydrogen-bond donors (Lipinski definition) is 1. The molecule has 3 nitrogen and oxygen atoms in total. The molecule has 0 bridgehead atoms. The molecule has 0 saturated carbocycles. The number of amides is 1. The van der Waals surface area contributed by atoms with E-state index in [-0.39, 0.29) is 17.4 Å². The van der Waals surface area contributed by atoms with Crippen LogP contribution in [0.25, 0.3) is 0 Å². The standard InChI is InChI=1S/C16H24N2O/c1-11-7-6-8-14(12(11)2)18-10-16(4,5)9-17-13(3)15(18)19/h6-8,13,17H,9-10H2,1-5H3. The van der Waals surface area contributed by atoms with Crippen molar-refractivity contribution in [2.75, 3.05) is 18.0 Å². The summed E-state index contributed by atoms with van der Waals surface area (Å²) in [6.45, 7) is 12.1. The van der Waals surface area contributed by atoms with Gasteiger partial charge in [-0.25, -0.2) is 0 Å². The second-order valence-corrected chi connectivity index (χ2v) is 6.41. The van der Waals surface area contributed by atoms with Gasteiger partial charge in [0.1, 0.15) is 0 Å². The number of anilines is 1. The van der Waals surface area contributed by atoms with E-state index >= 15 is 0 Å². The monoisotopic (exact) mass is 260 g/mol. The van der Waals surface area contributed by atoms with E-state index in [1.54, 1.807) is 0 Å². The number of nitrogens with one attached hydrogen (secondary N) is 1. The van der Waals surface area contributed by atoms with Crippen molar-refractivity contribution in [3.63, 3.8) is 0 Å². The highest BCUT2D eigenvalue weighted by atomic mass is 16.2. The Morgan fingerprint density at radius 1 is 1.32 bits per heavy atom. The van der Waals surface area contributed by atoms with Crippen LogP contribution in [0, 0.1) is 19.3 Å². The predicted octanol–water partition coefficient (Wildman–Crippen LogP) is 2.65. The summed E-state index contributed by atoms with van der Waals surface area (Å²) in [6, 6.07) is 6.05. The Hall–Kier alpha value is -1.35. The summed E-state index contributed by atoms with van der Waals surface area (Å²) in [7, 11) is 0. The maximum Gasteiger partial charge on any atom is 0.243 e. The number of carbonyl (C=O) groups is 1. The van der Waals surface area contributed by atoms with Crippen molar-refractivity contribution in [2.24, 2.45) is 5.41 Å². The summed E-state index contributed by atoms with van der Waals surface area (Å²) in [5.41, 5.74) is 3.55. The Labute approximate surface area is 116 Å². The van der Waals surface area contributed by atoms with Crippen molar-refractivity contribution in [2.45, 2.75) is 40.7 Å². The number of nitrogens with zero attached hydrogens (tertiary/aromatic N) is 1. The molecule has 19 heavy (non-hydrogen) atoms. The van der Waals surface area contributed by atoms with E-state index in [0.717, 1.165) is 18.8 Å². The van der Waals surface area contributed by atoms with Crippen molar-refractivity contribution >= 4 is 11.6 Å². The van der Waals surface area contributed by atoms with Gasteiger partial charge < -0.3 is 10.2 Å². The van der Waals surface area contributed by atoms with Crippen LogP contribution in [-0.2, 0) is 4.79 Å². The molecule has 1 saturated heterocycles. The molecule has 1 aromatic carbocycles. The fourth-order valence-corrected chi connectivity index (χ4v) is 2.54. The highest BCUT2D eigenvalue weighted by Gasteiger charge is 2.33. The topological polar surface area (TPSA) is 32.3 Å². The Morgan fingerprint density at radius 3 is 2.68 bits per heavy atom. The van der Waals surface area contributed by atoms with E-state index in [1.165, 1.54) is 11.1 Å². The highest BCUT2D eigenvalue weighted by Crippen LogP contribution is 2.29. The van der Waals surface area contributed by atoms with Crippen molar-refractivity contribution in [1.82, 2.24) is 5.32 Å². The average Bonchev–Trinajstić information content (AvgIpc) is 2.45. The molecule has 1 amide bonds. The third-order valence-corrected chi connectivity index (χ3v) is 3.98. The molecule has 1 N–H and O–H groups in total. The van der Waals surface area contributed by atoms with Crippen molar-refractivity contribution in [3.05, 3.63) is 29.3 Å². The van der Waals surface area contributed by atoms with Crippen LogP contribution < -0.4 is 10.2 Å². The summed E-state index contributed by atoms with van der Waals surface area (Å²) in [5.74, 6) is 0.166. The quantitative estimate of drug-likeness (QED) is 0.842. The number of rotatable bonds is 1. The SMILES string of the molecule is Cc1cccc(N2CC(C)(C)CNC(C)C2=O)c1C. The van der Waals surface area contributed by atoms with Gasteiger partial charge in [-0.2, -0.15) is 0 Å². The molecule has 1 aliphatic heterocycles. The van der Waals surface area contributed by atoms with Crippen LogP contribution in [0.5, 0.6) is 0 Å². The molecule has 0 aromatic heterocycles. The molecule has 1 aliphatic rings. The minimum absolute atomic E-state index is 0.0800. The lowest BCUT2D eigenvalue weighted by atomic mass is 9.92. The number of hydrogen-bond acceptors (Lipinski definition) is 2. The molecule has 0 radical (unpaired) electrons. The van der Waals surface area contributed by atoms with Gasteiger partial charge in [-0.3, -0.25) is 4.79 Å². The molecule has 1 atom stereocenters. The fraction of sp³-hybridized carbons (Fsp3) is 0.562. The van der Waals surface area contributed by atoms with Gasteiger partial charge in [-0.05, 0) is 43.4 Å². The summed E-state index contributed by atoms with van der Waals surface area (Å²) >= 11 is 0. The maximum atomic E-state index is 12.6. The average molecular weight is 260 g/mol. The number of aryl methyl sites for hydroxylation is 1. The van der Waals surface area contributed by atoms with Gasteiger partial charge in [-0.1, -0.05) is 26.0 Å². The Kier molecular flexibility index (Phi) is 3.68. The fourth-order valence-electron chi connectivity index (χ4n) is 2.54. The molecule has 2 rings (SSSR count). The van der Waals surface area contributed by atoms with Gasteiger partial charge in [-0.15, -0.1) is 0 Å².